The van der Waals surface area contributed by atoms with Crippen molar-refractivity contribution in [2.75, 3.05) is 6.61 Å². The Bertz CT molecular complexity index is 661. The molecule has 0 bridgehead atoms. The van der Waals surface area contributed by atoms with Gasteiger partial charge in [0.05, 0.1) is 16.8 Å². The molecule has 1 fully saturated rings. The Labute approximate surface area is 144 Å². The van der Waals surface area contributed by atoms with E-state index in [0.717, 1.165) is 0 Å². The zero-order chi connectivity index (χ0) is 18.6. The van der Waals surface area contributed by atoms with E-state index in [4.69, 9.17) is 14.9 Å². The summed E-state index contributed by atoms with van der Waals surface area (Å²) in [6.07, 6.45) is -0.431. The van der Waals surface area contributed by atoms with Crippen LogP contribution in [0.2, 0.25) is 0 Å². The van der Waals surface area contributed by atoms with Gasteiger partial charge in [-0.2, -0.15) is 4.89 Å². The molecule has 9 nitrogen and oxygen atoms in total. The molecule has 1 saturated heterocycles. The monoisotopic (exact) mass is 352 g/mol. The molecule has 1 aliphatic rings. The smallest absolute Gasteiger partial charge is 0.346 e. The summed E-state index contributed by atoms with van der Waals surface area (Å²) in [6, 6.07) is 5.26. The third-order valence-corrected chi connectivity index (χ3v) is 4.56. The Balaban J connectivity index is 1.86. The van der Waals surface area contributed by atoms with Gasteiger partial charge in [-0.1, -0.05) is 12.1 Å². The van der Waals surface area contributed by atoms with Crippen molar-refractivity contribution in [3.63, 3.8) is 0 Å². The first-order valence-corrected chi connectivity index (χ1v) is 7.80. The molecule has 1 aliphatic heterocycles. The van der Waals surface area contributed by atoms with Gasteiger partial charge >= 0.3 is 5.97 Å². The van der Waals surface area contributed by atoms with Crippen molar-refractivity contribution in [1.29, 1.82) is 0 Å². The predicted molar refractivity (Wildman–Crippen MR) is 85.2 cm³/mol. The Hall–Kier alpha value is -2.52. The van der Waals surface area contributed by atoms with E-state index in [-0.39, 0.29) is 30.7 Å². The van der Waals surface area contributed by atoms with E-state index in [9.17, 15) is 19.7 Å². The van der Waals surface area contributed by atoms with Gasteiger partial charge < -0.3 is 10.4 Å². The molecular formula is C16H20N2O7. The Kier molecular flexibility index (Phi) is 5.70. The van der Waals surface area contributed by atoms with Crippen molar-refractivity contribution in [2.24, 2.45) is 5.41 Å². The number of rotatable bonds is 8. The summed E-state index contributed by atoms with van der Waals surface area (Å²) in [6.45, 7) is 3.22. The summed E-state index contributed by atoms with van der Waals surface area (Å²) in [5.74, 6) is -0.910. The number of nitrogens with one attached hydrogen (secondary N) is 1. The number of hydrogen-bond acceptors (Lipinski definition) is 7. The van der Waals surface area contributed by atoms with Crippen LogP contribution in [0.25, 0.3) is 0 Å². The number of nitro groups is 1. The van der Waals surface area contributed by atoms with Gasteiger partial charge in [0.25, 0.3) is 5.69 Å². The van der Waals surface area contributed by atoms with Gasteiger partial charge in [0.15, 0.2) is 0 Å². The molecule has 1 aromatic carbocycles. The Morgan fingerprint density at radius 2 is 2.08 bits per heavy atom. The van der Waals surface area contributed by atoms with Crippen LogP contribution in [-0.4, -0.2) is 40.7 Å². The molecule has 9 heteroatoms. The van der Waals surface area contributed by atoms with Crippen molar-refractivity contribution in [3.8, 4) is 0 Å². The highest BCUT2D eigenvalue weighted by molar-refractivity contribution is 5.90. The Morgan fingerprint density at radius 1 is 1.44 bits per heavy atom. The van der Waals surface area contributed by atoms with Crippen LogP contribution in [0.5, 0.6) is 0 Å². The summed E-state index contributed by atoms with van der Waals surface area (Å²) >= 11 is 0. The first kappa shape index (κ1) is 18.8. The molecule has 3 atom stereocenters. The maximum Gasteiger partial charge on any atom is 0.346 e. The molecule has 0 aliphatic carbocycles. The predicted octanol–water partition coefficient (Wildman–Crippen LogP) is 0.888. The quantitative estimate of drug-likeness (QED) is 0.308. The second-order valence-corrected chi connectivity index (χ2v) is 6.12. The number of nitro benzene ring substituents is 1. The van der Waals surface area contributed by atoms with Gasteiger partial charge in [0, 0.05) is 24.8 Å². The van der Waals surface area contributed by atoms with Gasteiger partial charge in [-0.15, -0.1) is 0 Å². The number of benzene rings is 1. The van der Waals surface area contributed by atoms with Crippen LogP contribution in [0, 0.1) is 15.5 Å². The number of non-ortho nitro benzene ring substituents is 1. The van der Waals surface area contributed by atoms with Gasteiger partial charge in [-0.05, 0) is 25.8 Å². The molecule has 1 aromatic rings. The van der Waals surface area contributed by atoms with Crippen LogP contribution < -0.4 is 5.32 Å². The largest absolute Gasteiger partial charge is 0.396 e. The van der Waals surface area contributed by atoms with Crippen LogP contribution in [-0.2, 0) is 25.8 Å². The molecular weight excluding hydrogens is 332 g/mol. The second-order valence-electron chi connectivity index (χ2n) is 6.12. The third kappa shape index (κ3) is 3.94. The third-order valence-electron chi connectivity index (χ3n) is 4.56. The van der Waals surface area contributed by atoms with Gasteiger partial charge in [0.1, 0.15) is 6.10 Å². The molecule has 1 amide bonds. The number of β-lactam (4-membered cyclic amide) rings is 1. The van der Waals surface area contributed by atoms with Gasteiger partial charge in [0.2, 0.25) is 5.91 Å². The van der Waals surface area contributed by atoms with Crippen molar-refractivity contribution in [3.05, 3.63) is 39.9 Å². The van der Waals surface area contributed by atoms with Crippen molar-refractivity contribution in [2.45, 2.75) is 38.8 Å². The highest BCUT2D eigenvalue weighted by Crippen LogP contribution is 2.37. The van der Waals surface area contributed by atoms with Gasteiger partial charge in [-0.25, -0.2) is 4.79 Å². The minimum absolute atomic E-state index is 0.0687. The second kappa shape index (κ2) is 7.58. The lowest BCUT2D eigenvalue weighted by molar-refractivity contribution is -0.384. The lowest BCUT2D eigenvalue weighted by atomic mass is 9.69. The average molecular weight is 352 g/mol. The summed E-state index contributed by atoms with van der Waals surface area (Å²) in [7, 11) is 0. The Morgan fingerprint density at radius 3 is 2.60 bits per heavy atom. The normalized spacial score (nSPS) is 23.3. The molecule has 2 N–H and O–H groups in total. The molecule has 2 rings (SSSR count). The van der Waals surface area contributed by atoms with Crippen LogP contribution >= 0.6 is 0 Å². The molecule has 25 heavy (non-hydrogen) atoms. The first-order valence-electron chi connectivity index (χ1n) is 7.80. The van der Waals surface area contributed by atoms with E-state index in [2.05, 4.69) is 5.32 Å². The lowest BCUT2D eigenvalue weighted by Gasteiger charge is -2.48. The minimum atomic E-state index is -0.892. The number of carbonyl (C=O) groups is 2. The van der Waals surface area contributed by atoms with Crippen molar-refractivity contribution < 1.29 is 29.4 Å². The van der Waals surface area contributed by atoms with Crippen LogP contribution in [0.4, 0.5) is 5.69 Å². The zero-order valence-electron chi connectivity index (χ0n) is 13.9. The zero-order valence-corrected chi connectivity index (χ0v) is 13.9. The van der Waals surface area contributed by atoms with Crippen molar-refractivity contribution >= 4 is 17.6 Å². The van der Waals surface area contributed by atoms with E-state index in [1.165, 1.54) is 24.3 Å². The lowest BCUT2D eigenvalue weighted by Crippen LogP contribution is -2.70. The SMILES string of the molecule is CC(OOC(=O)Cc1ccc([N+](=O)[O-])cc1)C1(C)C(=O)NC1CCO. The molecule has 0 radical (unpaired) electrons. The fourth-order valence-electron chi connectivity index (χ4n) is 2.67. The summed E-state index contributed by atoms with van der Waals surface area (Å²) < 4.78 is 0. The molecule has 136 valence electrons. The molecule has 0 saturated carbocycles. The molecule has 1 heterocycles. The van der Waals surface area contributed by atoms with Crippen LogP contribution in [0.15, 0.2) is 24.3 Å². The molecule has 0 aromatic heterocycles. The number of aliphatic hydroxyl groups excluding tert-OH is 1. The fraction of sp³-hybridized carbons (Fsp3) is 0.500. The van der Waals surface area contributed by atoms with E-state index < -0.39 is 22.4 Å². The summed E-state index contributed by atoms with van der Waals surface area (Å²) in [5.41, 5.74) is -0.422. The molecule has 3 unspecified atom stereocenters. The van der Waals surface area contributed by atoms with Crippen LogP contribution in [0.1, 0.15) is 25.8 Å². The van der Waals surface area contributed by atoms with E-state index in [0.29, 0.717) is 12.0 Å². The highest BCUT2D eigenvalue weighted by atomic mass is 17.2. The number of carbonyl (C=O) groups excluding carboxylic acids is 2. The number of nitrogens with zero attached hydrogens (tertiary/aromatic N) is 1. The number of hydrogen-bond donors (Lipinski definition) is 2. The topological polar surface area (TPSA) is 128 Å². The van der Waals surface area contributed by atoms with Crippen molar-refractivity contribution in [1.82, 2.24) is 5.32 Å². The maximum atomic E-state index is 11.8. The van der Waals surface area contributed by atoms with E-state index >= 15 is 0 Å². The van der Waals surface area contributed by atoms with E-state index in [1.807, 2.05) is 0 Å². The van der Waals surface area contributed by atoms with Gasteiger partial charge in [-0.3, -0.25) is 19.8 Å². The minimum Gasteiger partial charge on any atom is -0.396 e. The van der Waals surface area contributed by atoms with E-state index in [1.54, 1.807) is 13.8 Å². The summed E-state index contributed by atoms with van der Waals surface area (Å²) in [4.78, 5) is 43.6. The highest BCUT2D eigenvalue weighted by Gasteiger charge is 2.55. The maximum absolute atomic E-state index is 11.8. The fourth-order valence-corrected chi connectivity index (χ4v) is 2.67. The average Bonchev–Trinajstić information content (AvgIpc) is 2.59. The first-order chi connectivity index (χ1) is 11.8. The summed E-state index contributed by atoms with van der Waals surface area (Å²) in [5, 5.41) is 22.3. The number of aliphatic hydroxyl groups is 1. The van der Waals surface area contributed by atoms with Crippen LogP contribution in [0.3, 0.4) is 0 Å². The number of amides is 1. The molecule has 0 spiro atoms. The standard InChI is InChI=1S/C16H20N2O7/c1-10(16(2)13(7-8-19)17-15(16)21)24-25-14(20)9-11-3-5-12(6-4-11)18(22)23/h3-6,10,13,19H,7-9H2,1-2H3,(H,17,21).